The summed E-state index contributed by atoms with van der Waals surface area (Å²) in [6.45, 7) is 1.52. The summed E-state index contributed by atoms with van der Waals surface area (Å²) in [4.78, 5) is 28.7. The standard InChI is InChI=1S/C31H22F6N2O3/c1-2-42-29(41)25-26(38-21-14-10-19(11-15-21)30(32,33)34)28(40)39(22-16-12-20(13-17-22)31(35,36)37)27(25)24-9-5-7-18-6-3-4-8-23(18)24/h3-17,27,38H,2H2,1H3. The Hall–Kier alpha value is -4.80. The van der Waals surface area contributed by atoms with Gasteiger partial charge >= 0.3 is 18.3 Å². The Morgan fingerprint density at radius 1 is 0.810 bits per heavy atom. The molecule has 5 rings (SSSR count). The third kappa shape index (κ3) is 5.41. The van der Waals surface area contributed by atoms with E-state index in [0.29, 0.717) is 10.9 Å². The molecule has 0 aromatic heterocycles. The zero-order valence-electron chi connectivity index (χ0n) is 21.9. The van der Waals surface area contributed by atoms with E-state index in [2.05, 4.69) is 5.32 Å². The molecule has 1 unspecified atom stereocenters. The summed E-state index contributed by atoms with van der Waals surface area (Å²) >= 11 is 0. The van der Waals surface area contributed by atoms with Gasteiger partial charge in [-0.05, 0) is 71.8 Å². The molecule has 1 N–H and O–H groups in total. The fourth-order valence-electron chi connectivity index (χ4n) is 4.91. The number of anilines is 2. The average Bonchev–Trinajstić information content (AvgIpc) is 3.23. The van der Waals surface area contributed by atoms with Crippen molar-refractivity contribution in [1.29, 1.82) is 0 Å². The van der Waals surface area contributed by atoms with Crippen LogP contribution in [-0.4, -0.2) is 18.5 Å². The summed E-state index contributed by atoms with van der Waals surface area (Å²) in [7, 11) is 0. The highest BCUT2D eigenvalue weighted by atomic mass is 19.4. The number of amides is 1. The molecule has 1 aliphatic heterocycles. The topological polar surface area (TPSA) is 58.6 Å². The molecule has 4 aromatic carbocycles. The highest BCUT2D eigenvalue weighted by Gasteiger charge is 2.46. The first-order valence-corrected chi connectivity index (χ1v) is 12.7. The molecule has 11 heteroatoms. The monoisotopic (exact) mass is 584 g/mol. The summed E-state index contributed by atoms with van der Waals surface area (Å²) in [5, 5.41) is 4.24. The van der Waals surface area contributed by atoms with Crippen LogP contribution in [0.3, 0.4) is 0 Å². The molecule has 5 nitrogen and oxygen atoms in total. The van der Waals surface area contributed by atoms with Crippen LogP contribution in [-0.2, 0) is 26.7 Å². The SMILES string of the molecule is CCOC(=O)C1=C(Nc2ccc(C(F)(F)F)cc2)C(=O)N(c2ccc(C(F)(F)F)cc2)C1c1cccc2ccccc12. The predicted octanol–water partition coefficient (Wildman–Crippen LogP) is 7.89. The van der Waals surface area contributed by atoms with Crippen LogP contribution < -0.4 is 10.2 Å². The summed E-state index contributed by atoms with van der Waals surface area (Å²) in [5.41, 5.74) is -1.61. The van der Waals surface area contributed by atoms with Gasteiger partial charge in [0.05, 0.1) is 29.3 Å². The molecule has 1 atom stereocenters. The van der Waals surface area contributed by atoms with Crippen LogP contribution >= 0.6 is 0 Å². The average molecular weight is 585 g/mol. The van der Waals surface area contributed by atoms with Gasteiger partial charge in [-0.3, -0.25) is 9.69 Å². The number of esters is 1. The van der Waals surface area contributed by atoms with Gasteiger partial charge in [0.25, 0.3) is 5.91 Å². The van der Waals surface area contributed by atoms with E-state index in [0.717, 1.165) is 53.9 Å². The fraction of sp³-hybridized carbons (Fsp3) is 0.161. The van der Waals surface area contributed by atoms with Gasteiger partial charge in [0.15, 0.2) is 0 Å². The van der Waals surface area contributed by atoms with Gasteiger partial charge in [-0.25, -0.2) is 4.79 Å². The van der Waals surface area contributed by atoms with E-state index in [9.17, 15) is 35.9 Å². The van der Waals surface area contributed by atoms with E-state index in [1.807, 2.05) is 12.1 Å². The Labute approximate surface area is 236 Å². The molecule has 0 saturated heterocycles. The van der Waals surface area contributed by atoms with Crippen molar-refractivity contribution < 1.29 is 40.7 Å². The number of nitrogens with zero attached hydrogens (tertiary/aromatic N) is 1. The third-order valence-electron chi connectivity index (χ3n) is 6.80. The summed E-state index contributed by atoms with van der Waals surface area (Å²) in [6.07, 6.45) is -9.21. The molecule has 0 spiro atoms. The van der Waals surface area contributed by atoms with E-state index < -0.39 is 41.4 Å². The number of benzene rings is 4. The maximum absolute atomic E-state index is 14.1. The third-order valence-corrected chi connectivity index (χ3v) is 6.80. The minimum Gasteiger partial charge on any atom is -0.463 e. The van der Waals surface area contributed by atoms with E-state index >= 15 is 0 Å². The Morgan fingerprint density at radius 3 is 1.98 bits per heavy atom. The van der Waals surface area contributed by atoms with Gasteiger partial charge in [-0.15, -0.1) is 0 Å². The molecule has 4 aromatic rings. The van der Waals surface area contributed by atoms with Crippen molar-refractivity contribution in [2.45, 2.75) is 25.3 Å². The first-order valence-electron chi connectivity index (χ1n) is 12.7. The Morgan fingerprint density at radius 2 is 1.38 bits per heavy atom. The molecule has 0 fully saturated rings. The maximum atomic E-state index is 14.1. The number of carbonyl (C=O) groups is 2. The minimum absolute atomic E-state index is 0.0490. The highest BCUT2D eigenvalue weighted by molar-refractivity contribution is 6.18. The Bertz CT molecular complexity index is 1670. The largest absolute Gasteiger partial charge is 0.463 e. The molecule has 1 amide bonds. The molecule has 0 aliphatic carbocycles. The van der Waals surface area contributed by atoms with Gasteiger partial charge in [0.2, 0.25) is 0 Å². The van der Waals surface area contributed by atoms with Crippen molar-refractivity contribution in [2.24, 2.45) is 0 Å². The van der Waals surface area contributed by atoms with Crippen LogP contribution in [0, 0.1) is 0 Å². The lowest BCUT2D eigenvalue weighted by Gasteiger charge is -2.28. The van der Waals surface area contributed by atoms with Crippen LogP contribution in [0.2, 0.25) is 0 Å². The lowest BCUT2D eigenvalue weighted by atomic mass is 9.93. The van der Waals surface area contributed by atoms with E-state index in [1.165, 1.54) is 4.90 Å². The van der Waals surface area contributed by atoms with Gasteiger partial charge in [-0.2, -0.15) is 26.3 Å². The number of ether oxygens (including phenoxy) is 1. The van der Waals surface area contributed by atoms with Crippen LogP contribution in [0.5, 0.6) is 0 Å². The van der Waals surface area contributed by atoms with Crippen molar-refractivity contribution in [2.75, 3.05) is 16.8 Å². The molecule has 1 aliphatic rings. The van der Waals surface area contributed by atoms with Crippen molar-refractivity contribution in [3.63, 3.8) is 0 Å². The number of alkyl halides is 6. The van der Waals surface area contributed by atoms with E-state index in [-0.39, 0.29) is 29.3 Å². The van der Waals surface area contributed by atoms with E-state index in [1.54, 1.807) is 37.3 Å². The molecule has 0 saturated carbocycles. The van der Waals surface area contributed by atoms with E-state index in [4.69, 9.17) is 4.74 Å². The zero-order chi connectivity index (χ0) is 30.2. The van der Waals surface area contributed by atoms with Gasteiger partial charge in [0.1, 0.15) is 5.70 Å². The van der Waals surface area contributed by atoms with Gasteiger partial charge < -0.3 is 10.1 Å². The minimum atomic E-state index is -4.62. The van der Waals surface area contributed by atoms with Crippen molar-refractivity contribution in [1.82, 2.24) is 0 Å². The van der Waals surface area contributed by atoms with Crippen molar-refractivity contribution >= 4 is 34.0 Å². The van der Waals surface area contributed by atoms with Gasteiger partial charge in [-0.1, -0.05) is 42.5 Å². The number of carbonyl (C=O) groups excluding carboxylic acids is 2. The summed E-state index contributed by atoms with van der Waals surface area (Å²) < 4.78 is 84.6. The lowest BCUT2D eigenvalue weighted by Crippen LogP contribution is -2.32. The van der Waals surface area contributed by atoms with Crippen molar-refractivity contribution in [3.05, 3.63) is 119 Å². The molecule has 0 radical (unpaired) electrons. The summed E-state index contributed by atoms with van der Waals surface area (Å²) in [6, 6.07) is 19.0. The number of rotatable bonds is 6. The molecule has 216 valence electrons. The maximum Gasteiger partial charge on any atom is 0.416 e. The second kappa shape index (κ2) is 10.9. The predicted molar refractivity (Wildman–Crippen MR) is 144 cm³/mol. The second-order valence-electron chi connectivity index (χ2n) is 9.40. The smallest absolute Gasteiger partial charge is 0.416 e. The first-order chi connectivity index (χ1) is 19.9. The number of hydrogen-bond donors (Lipinski definition) is 1. The fourth-order valence-corrected chi connectivity index (χ4v) is 4.91. The van der Waals surface area contributed by atoms with Crippen LogP contribution in [0.1, 0.15) is 29.7 Å². The zero-order valence-corrected chi connectivity index (χ0v) is 21.9. The first kappa shape index (κ1) is 28.7. The van der Waals surface area contributed by atoms with Gasteiger partial charge in [0, 0.05) is 11.4 Å². The number of halogens is 6. The Balaban J connectivity index is 1.70. The van der Waals surface area contributed by atoms with Crippen LogP contribution in [0.15, 0.2) is 102 Å². The normalized spacial score (nSPS) is 15.8. The molecular formula is C31H22F6N2O3. The summed E-state index contributed by atoms with van der Waals surface area (Å²) in [5.74, 6) is -1.65. The molecule has 0 bridgehead atoms. The second-order valence-corrected chi connectivity index (χ2v) is 9.40. The van der Waals surface area contributed by atoms with Crippen LogP contribution in [0.25, 0.3) is 10.8 Å². The number of hydrogen-bond acceptors (Lipinski definition) is 4. The molecular weight excluding hydrogens is 562 g/mol. The number of fused-ring (bicyclic) bond motifs is 1. The lowest BCUT2D eigenvalue weighted by molar-refractivity contribution is -0.139. The van der Waals surface area contributed by atoms with Crippen molar-refractivity contribution in [3.8, 4) is 0 Å². The quantitative estimate of drug-likeness (QED) is 0.185. The number of nitrogens with one attached hydrogen (secondary N) is 1. The van der Waals surface area contributed by atoms with Crippen LogP contribution in [0.4, 0.5) is 37.7 Å². The Kier molecular flexibility index (Phi) is 7.44. The molecule has 42 heavy (non-hydrogen) atoms. The molecule has 1 heterocycles. The highest BCUT2D eigenvalue weighted by Crippen LogP contribution is 2.45.